The number of benzene rings is 1. The number of nitrogens with two attached hydrogens (primary N) is 1. The molecular weight excluding hydrogens is 256 g/mol. The highest BCUT2D eigenvalue weighted by molar-refractivity contribution is 6.32. The quantitative estimate of drug-likeness (QED) is 0.901. The van der Waals surface area contributed by atoms with Gasteiger partial charge >= 0.3 is 0 Å². The van der Waals surface area contributed by atoms with Crippen LogP contribution in [0, 0.1) is 0 Å². The van der Waals surface area contributed by atoms with Gasteiger partial charge in [0.25, 0.3) is 0 Å². The third-order valence-corrected chi connectivity index (χ3v) is 2.66. The summed E-state index contributed by atoms with van der Waals surface area (Å²) < 4.78 is 15.7. The third kappa shape index (κ3) is 2.75. The fraction of sp³-hybridized carbons (Fsp3) is 0.250. The molecule has 0 fully saturated rings. The lowest BCUT2D eigenvalue weighted by Crippen LogP contribution is -2.01. The van der Waals surface area contributed by atoms with Gasteiger partial charge in [-0.15, -0.1) is 0 Å². The van der Waals surface area contributed by atoms with Crippen LogP contribution in [0.3, 0.4) is 0 Å². The highest BCUT2D eigenvalue weighted by Gasteiger charge is 2.12. The second-order valence-corrected chi connectivity index (χ2v) is 3.99. The second-order valence-electron chi connectivity index (χ2n) is 3.58. The van der Waals surface area contributed by atoms with Crippen molar-refractivity contribution in [2.45, 2.75) is 13.2 Å². The minimum atomic E-state index is 0.234. The maximum absolute atomic E-state index is 6.13. The lowest BCUT2D eigenvalue weighted by atomic mass is 10.2. The van der Waals surface area contributed by atoms with Gasteiger partial charge in [0.2, 0.25) is 0 Å². The second kappa shape index (κ2) is 5.75. The van der Waals surface area contributed by atoms with E-state index in [1.54, 1.807) is 31.5 Å². The minimum Gasteiger partial charge on any atom is -0.493 e. The van der Waals surface area contributed by atoms with Crippen molar-refractivity contribution in [3.05, 3.63) is 40.7 Å². The average molecular weight is 269 g/mol. The fourth-order valence-corrected chi connectivity index (χ4v) is 1.78. The summed E-state index contributed by atoms with van der Waals surface area (Å²) in [5, 5.41) is 4.04. The number of hydrogen-bond donors (Lipinski definition) is 1. The summed E-state index contributed by atoms with van der Waals surface area (Å²) >= 11 is 6.13. The predicted molar refractivity (Wildman–Crippen MR) is 66.7 cm³/mol. The van der Waals surface area contributed by atoms with Gasteiger partial charge in [0, 0.05) is 12.6 Å². The van der Waals surface area contributed by atoms with E-state index >= 15 is 0 Å². The van der Waals surface area contributed by atoms with Gasteiger partial charge < -0.3 is 19.7 Å². The van der Waals surface area contributed by atoms with Gasteiger partial charge in [-0.05, 0) is 17.7 Å². The molecule has 2 N–H and O–H groups in total. The molecule has 0 bridgehead atoms. The zero-order valence-corrected chi connectivity index (χ0v) is 10.6. The van der Waals surface area contributed by atoms with Crippen molar-refractivity contribution in [3.8, 4) is 11.5 Å². The van der Waals surface area contributed by atoms with Crippen LogP contribution in [0.25, 0.3) is 0 Å². The molecule has 0 amide bonds. The first kappa shape index (κ1) is 12.7. The molecule has 6 heteroatoms. The highest BCUT2D eigenvalue weighted by atomic mass is 35.5. The van der Waals surface area contributed by atoms with Gasteiger partial charge in [0.15, 0.2) is 17.3 Å². The Morgan fingerprint density at radius 2 is 2.28 bits per heavy atom. The van der Waals surface area contributed by atoms with Crippen molar-refractivity contribution >= 4 is 11.6 Å². The van der Waals surface area contributed by atoms with E-state index in [1.165, 1.54) is 0 Å². The number of nitrogens with zero attached hydrogens (tertiary/aromatic N) is 1. The summed E-state index contributed by atoms with van der Waals surface area (Å²) in [6.07, 6.45) is 1.55. The van der Waals surface area contributed by atoms with Gasteiger partial charge in [-0.25, -0.2) is 0 Å². The standard InChI is InChI=1S/C12H13ClN2O3/c1-16-11-5-8(6-14)4-10(13)12(11)17-7-9-2-3-15-18-9/h2-5H,6-7,14H2,1H3. The first-order valence-electron chi connectivity index (χ1n) is 5.33. The van der Waals surface area contributed by atoms with E-state index in [0.29, 0.717) is 28.8 Å². The molecule has 2 rings (SSSR count). The summed E-state index contributed by atoms with van der Waals surface area (Å²) in [6, 6.07) is 5.26. The summed E-state index contributed by atoms with van der Waals surface area (Å²) in [5.41, 5.74) is 6.44. The molecule has 0 spiro atoms. The van der Waals surface area contributed by atoms with Crippen LogP contribution in [0.4, 0.5) is 0 Å². The molecule has 0 aliphatic rings. The maximum atomic E-state index is 6.13. The molecule has 1 aromatic heterocycles. The molecule has 0 aliphatic carbocycles. The smallest absolute Gasteiger partial charge is 0.180 e. The summed E-state index contributed by atoms with van der Waals surface area (Å²) in [7, 11) is 1.55. The van der Waals surface area contributed by atoms with E-state index in [9.17, 15) is 0 Å². The van der Waals surface area contributed by atoms with E-state index in [-0.39, 0.29) is 6.61 Å². The van der Waals surface area contributed by atoms with Crippen LogP contribution in [0.15, 0.2) is 28.9 Å². The zero-order valence-electron chi connectivity index (χ0n) is 9.85. The fourth-order valence-electron chi connectivity index (χ4n) is 1.49. The first-order valence-corrected chi connectivity index (χ1v) is 5.71. The molecular formula is C12H13ClN2O3. The molecule has 5 nitrogen and oxygen atoms in total. The predicted octanol–water partition coefficient (Wildman–Crippen LogP) is 2.37. The summed E-state index contributed by atoms with van der Waals surface area (Å²) in [5.74, 6) is 1.62. The molecule has 0 unspecified atom stereocenters. The number of ether oxygens (including phenoxy) is 2. The van der Waals surface area contributed by atoms with Crippen LogP contribution in [-0.4, -0.2) is 12.3 Å². The van der Waals surface area contributed by atoms with Crippen LogP contribution < -0.4 is 15.2 Å². The van der Waals surface area contributed by atoms with Gasteiger partial charge in [-0.1, -0.05) is 16.8 Å². The van der Waals surface area contributed by atoms with Gasteiger partial charge in [-0.3, -0.25) is 0 Å². The van der Waals surface area contributed by atoms with Crippen molar-refractivity contribution < 1.29 is 14.0 Å². The Balaban J connectivity index is 2.20. The number of hydrogen-bond acceptors (Lipinski definition) is 5. The molecule has 0 radical (unpaired) electrons. The van der Waals surface area contributed by atoms with E-state index < -0.39 is 0 Å². The topological polar surface area (TPSA) is 70.5 Å². The zero-order chi connectivity index (χ0) is 13.0. The number of halogens is 1. The molecule has 1 heterocycles. The molecule has 18 heavy (non-hydrogen) atoms. The van der Waals surface area contributed by atoms with E-state index in [4.69, 9.17) is 31.3 Å². The highest BCUT2D eigenvalue weighted by Crippen LogP contribution is 2.36. The van der Waals surface area contributed by atoms with Crippen molar-refractivity contribution in [1.29, 1.82) is 0 Å². The Hall–Kier alpha value is -1.72. The van der Waals surface area contributed by atoms with Crippen LogP contribution in [0.1, 0.15) is 11.3 Å². The van der Waals surface area contributed by atoms with E-state index in [1.807, 2.05) is 0 Å². The van der Waals surface area contributed by atoms with Crippen molar-refractivity contribution in [3.63, 3.8) is 0 Å². The number of rotatable bonds is 5. The maximum Gasteiger partial charge on any atom is 0.180 e. The average Bonchev–Trinajstić information content (AvgIpc) is 2.89. The summed E-state index contributed by atoms with van der Waals surface area (Å²) in [6.45, 7) is 0.622. The Kier molecular flexibility index (Phi) is 4.07. The minimum absolute atomic E-state index is 0.234. The Labute approximate surface area is 109 Å². The molecule has 0 saturated carbocycles. The van der Waals surface area contributed by atoms with Gasteiger partial charge in [0.1, 0.15) is 6.61 Å². The molecule has 2 aromatic rings. The van der Waals surface area contributed by atoms with Crippen LogP contribution in [0.5, 0.6) is 11.5 Å². The van der Waals surface area contributed by atoms with Crippen molar-refractivity contribution in [1.82, 2.24) is 5.16 Å². The van der Waals surface area contributed by atoms with E-state index in [2.05, 4.69) is 5.16 Å². The molecule has 1 aromatic carbocycles. The number of aromatic nitrogens is 1. The van der Waals surface area contributed by atoms with Crippen molar-refractivity contribution in [2.24, 2.45) is 5.73 Å². The van der Waals surface area contributed by atoms with Crippen LogP contribution >= 0.6 is 11.6 Å². The van der Waals surface area contributed by atoms with Crippen LogP contribution in [0.2, 0.25) is 5.02 Å². The van der Waals surface area contributed by atoms with E-state index in [0.717, 1.165) is 5.56 Å². The monoisotopic (exact) mass is 268 g/mol. The molecule has 96 valence electrons. The van der Waals surface area contributed by atoms with Crippen LogP contribution in [-0.2, 0) is 13.2 Å². The number of methoxy groups -OCH3 is 1. The molecule has 0 atom stereocenters. The van der Waals surface area contributed by atoms with Gasteiger partial charge in [-0.2, -0.15) is 0 Å². The Bertz CT molecular complexity index is 514. The van der Waals surface area contributed by atoms with Crippen molar-refractivity contribution in [2.75, 3.05) is 7.11 Å². The Morgan fingerprint density at radius 3 is 2.89 bits per heavy atom. The normalized spacial score (nSPS) is 10.4. The lowest BCUT2D eigenvalue weighted by Gasteiger charge is -2.12. The Morgan fingerprint density at radius 1 is 1.44 bits per heavy atom. The van der Waals surface area contributed by atoms with Gasteiger partial charge in [0.05, 0.1) is 18.3 Å². The third-order valence-electron chi connectivity index (χ3n) is 2.37. The SMILES string of the molecule is COc1cc(CN)cc(Cl)c1OCc1ccno1. The summed E-state index contributed by atoms with van der Waals surface area (Å²) in [4.78, 5) is 0. The molecule has 0 aliphatic heterocycles. The first-order chi connectivity index (χ1) is 8.74. The lowest BCUT2D eigenvalue weighted by molar-refractivity contribution is 0.239. The molecule has 0 saturated heterocycles. The largest absolute Gasteiger partial charge is 0.493 e.